The average Bonchev–Trinajstić information content (AvgIpc) is 3.11. The molecule has 1 aromatic heterocycles. The number of aromatic nitrogens is 2. The number of nitrogens with zero attached hydrogens (tertiary/aromatic N) is 3. The van der Waals surface area contributed by atoms with Gasteiger partial charge in [-0.25, -0.2) is 4.98 Å². The number of rotatable bonds is 9. The normalized spacial score (nSPS) is 11.5. The van der Waals surface area contributed by atoms with E-state index in [0.717, 1.165) is 46.5 Å². The van der Waals surface area contributed by atoms with Gasteiger partial charge in [-0.2, -0.15) is 4.37 Å². The Morgan fingerprint density at radius 2 is 1.68 bits per heavy atom. The third-order valence-corrected chi connectivity index (χ3v) is 5.55. The highest BCUT2D eigenvalue weighted by atomic mass is 32.1. The van der Waals surface area contributed by atoms with Crippen LogP contribution in [0.15, 0.2) is 42.5 Å². The van der Waals surface area contributed by atoms with Gasteiger partial charge in [-0.3, -0.25) is 0 Å². The van der Waals surface area contributed by atoms with E-state index in [1.54, 1.807) is 6.07 Å². The van der Waals surface area contributed by atoms with Crippen molar-refractivity contribution in [1.82, 2.24) is 9.36 Å². The Bertz CT molecular complexity index is 991. The van der Waals surface area contributed by atoms with Gasteiger partial charge in [0.1, 0.15) is 5.82 Å². The Morgan fingerprint density at radius 3 is 2.26 bits per heavy atom. The van der Waals surface area contributed by atoms with Gasteiger partial charge in [0.25, 0.3) is 0 Å². The minimum absolute atomic E-state index is 0.481. The molecule has 0 radical (unpaired) electrons. The van der Waals surface area contributed by atoms with Crippen molar-refractivity contribution in [1.29, 1.82) is 0 Å². The molecule has 3 N–H and O–H groups in total. The Morgan fingerprint density at radius 1 is 1.00 bits per heavy atom. The second-order valence-electron chi connectivity index (χ2n) is 8.66. The summed E-state index contributed by atoms with van der Waals surface area (Å²) in [6.45, 7) is 12.6. The van der Waals surface area contributed by atoms with Gasteiger partial charge < -0.3 is 20.4 Å². The van der Waals surface area contributed by atoms with Crippen LogP contribution in [0.1, 0.15) is 45.4 Å². The molecule has 1 heterocycles. The van der Waals surface area contributed by atoms with Crippen molar-refractivity contribution in [3.63, 3.8) is 0 Å². The summed E-state index contributed by atoms with van der Waals surface area (Å²) >= 11 is 1.33. The Labute approximate surface area is 188 Å². The first kappa shape index (κ1) is 23.2. The summed E-state index contributed by atoms with van der Waals surface area (Å²) in [4.78, 5) is 6.88. The maximum Gasteiger partial charge on any atom is 0.207 e. The van der Waals surface area contributed by atoms with Crippen LogP contribution in [0.3, 0.4) is 0 Å². The first-order valence-electron chi connectivity index (χ1n) is 10.7. The van der Waals surface area contributed by atoms with E-state index in [1.165, 1.54) is 11.5 Å². The van der Waals surface area contributed by atoms with Gasteiger partial charge in [0.05, 0.1) is 11.4 Å². The lowest BCUT2D eigenvalue weighted by molar-refractivity contribution is -0.0420. The summed E-state index contributed by atoms with van der Waals surface area (Å²) in [6.07, 6.45) is -1.53. The van der Waals surface area contributed by atoms with Crippen LogP contribution in [-0.2, 0) is 0 Å². The minimum atomic E-state index is -1.53. The molecule has 3 rings (SSSR count). The van der Waals surface area contributed by atoms with E-state index in [0.29, 0.717) is 17.4 Å². The zero-order chi connectivity index (χ0) is 22.5. The topological polar surface area (TPSA) is 81.5 Å². The van der Waals surface area contributed by atoms with Gasteiger partial charge in [-0.1, -0.05) is 58.0 Å². The van der Waals surface area contributed by atoms with Gasteiger partial charge in [0, 0.05) is 30.2 Å². The molecule has 0 spiro atoms. The number of benzene rings is 2. The van der Waals surface area contributed by atoms with Gasteiger partial charge in [-0.05, 0) is 42.0 Å². The lowest BCUT2D eigenvalue weighted by Crippen LogP contribution is -2.31. The molecule has 6 nitrogen and oxygen atoms in total. The third-order valence-electron chi connectivity index (χ3n) is 4.83. The average molecular weight is 441 g/mol. The van der Waals surface area contributed by atoms with Crippen LogP contribution in [-0.4, -0.2) is 32.7 Å². The van der Waals surface area contributed by atoms with E-state index >= 15 is 0 Å². The molecule has 0 amide bonds. The van der Waals surface area contributed by atoms with Crippen LogP contribution >= 0.6 is 11.5 Å². The summed E-state index contributed by atoms with van der Waals surface area (Å²) in [5, 5.41) is 23.9. The van der Waals surface area contributed by atoms with E-state index in [-0.39, 0.29) is 0 Å². The fourth-order valence-corrected chi connectivity index (χ4v) is 4.27. The number of aliphatic hydroxyl groups is 2. The van der Waals surface area contributed by atoms with Crippen LogP contribution in [0.4, 0.5) is 16.5 Å². The largest absolute Gasteiger partial charge is 0.369 e. The van der Waals surface area contributed by atoms with E-state index in [9.17, 15) is 10.2 Å². The first-order chi connectivity index (χ1) is 14.7. The van der Waals surface area contributed by atoms with Crippen molar-refractivity contribution in [2.24, 2.45) is 11.8 Å². The SMILES string of the molecule is Cc1nsc(Nc2cc(-c3ccccc3C(O)O)ccc2N(CC(C)C)CC(C)C)n1. The molecular weight excluding hydrogens is 408 g/mol. The van der Waals surface area contributed by atoms with E-state index < -0.39 is 6.29 Å². The molecule has 31 heavy (non-hydrogen) atoms. The molecule has 0 fully saturated rings. The summed E-state index contributed by atoms with van der Waals surface area (Å²) in [5.74, 6) is 1.76. The minimum Gasteiger partial charge on any atom is -0.369 e. The Hall–Kier alpha value is -2.48. The summed E-state index contributed by atoms with van der Waals surface area (Å²) in [7, 11) is 0. The molecule has 2 aromatic carbocycles. The highest BCUT2D eigenvalue weighted by molar-refractivity contribution is 7.09. The predicted molar refractivity (Wildman–Crippen MR) is 129 cm³/mol. The summed E-state index contributed by atoms with van der Waals surface area (Å²) < 4.78 is 4.29. The second kappa shape index (κ2) is 10.2. The van der Waals surface area contributed by atoms with Crippen molar-refractivity contribution >= 4 is 28.0 Å². The highest BCUT2D eigenvalue weighted by Crippen LogP contribution is 2.36. The molecular formula is C24H32N4O2S. The molecule has 0 atom stereocenters. The molecule has 0 aliphatic carbocycles. The van der Waals surface area contributed by atoms with Crippen molar-refractivity contribution in [3.05, 3.63) is 53.9 Å². The quantitative estimate of drug-likeness (QED) is 0.389. The second-order valence-corrected chi connectivity index (χ2v) is 9.41. The van der Waals surface area contributed by atoms with Crippen molar-refractivity contribution in [2.75, 3.05) is 23.3 Å². The van der Waals surface area contributed by atoms with Crippen LogP contribution in [0.2, 0.25) is 0 Å². The number of nitrogens with one attached hydrogen (secondary N) is 1. The molecule has 0 saturated heterocycles. The molecule has 0 aliphatic heterocycles. The number of aliphatic hydroxyl groups excluding tert-OH is 1. The number of hydrogen-bond acceptors (Lipinski definition) is 7. The first-order valence-corrected chi connectivity index (χ1v) is 11.4. The number of aryl methyl sites for hydroxylation is 1. The smallest absolute Gasteiger partial charge is 0.207 e. The molecule has 0 aliphatic rings. The summed E-state index contributed by atoms with van der Waals surface area (Å²) in [5.41, 5.74) is 4.21. The highest BCUT2D eigenvalue weighted by Gasteiger charge is 2.18. The molecule has 0 saturated carbocycles. The molecule has 166 valence electrons. The Kier molecular flexibility index (Phi) is 7.64. The van der Waals surface area contributed by atoms with Gasteiger partial charge in [0.2, 0.25) is 5.13 Å². The fourth-order valence-electron chi connectivity index (χ4n) is 3.68. The third kappa shape index (κ3) is 6.03. The standard InChI is InChI=1S/C24H32N4O2S/c1-15(2)13-28(14-16(3)4)22-11-10-18(19-8-6-7-9-20(19)23(29)30)12-21(22)26-24-25-17(5)27-31-24/h6-12,15-16,23,29-30H,13-14H2,1-5H3,(H,25,26,27). The van der Waals surface area contributed by atoms with Crippen LogP contribution in [0.25, 0.3) is 11.1 Å². The van der Waals surface area contributed by atoms with Crippen LogP contribution < -0.4 is 10.2 Å². The van der Waals surface area contributed by atoms with Crippen LogP contribution in [0, 0.1) is 18.8 Å². The number of anilines is 3. The lowest BCUT2D eigenvalue weighted by atomic mass is 9.98. The zero-order valence-corrected chi connectivity index (χ0v) is 19.6. The van der Waals surface area contributed by atoms with Gasteiger partial charge >= 0.3 is 0 Å². The lowest BCUT2D eigenvalue weighted by Gasteiger charge is -2.30. The zero-order valence-electron chi connectivity index (χ0n) is 18.8. The van der Waals surface area contributed by atoms with Crippen LogP contribution in [0.5, 0.6) is 0 Å². The van der Waals surface area contributed by atoms with Crippen molar-refractivity contribution in [3.8, 4) is 11.1 Å². The maximum absolute atomic E-state index is 9.83. The fraction of sp³-hybridized carbons (Fsp3) is 0.417. The number of hydrogen-bond donors (Lipinski definition) is 3. The van der Waals surface area contributed by atoms with E-state index in [2.05, 4.69) is 59.4 Å². The van der Waals surface area contributed by atoms with Gasteiger partial charge in [0.15, 0.2) is 6.29 Å². The monoisotopic (exact) mass is 440 g/mol. The van der Waals surface area contributed by atoms with E-state index in [1.807, 2.05) is 31.2 Å². The molecule has 0 unspecified atom stereocenters. The summed E-state index contributed by atoms with van der Waals surface area (Å²) in [6, 6.07) is 13.6. The Balaban J connectivity index is 2.10. The van der Waals surface area contributed by atoms with Crippen molar-refractivity contribution in [2.45, 2.75) is 40.9 Å². The van der Waals surface area contributed by atoms with Gasteiger partial charge in [-0.15, -0.1) is 0 Å². The maximum atomic E-state index is 9.83. The molecule has 3 aromatic rings. The molecule has 0 bridgehead atoms. The van der Waals surface area contributed by atoms with Crippen molar-refractivity contribution < 1.29 is 10.2 Å². The van der Waals surface area contributed by atoms with E-state index in [4.69, 9.17) is 0 Å². The molecule has 7 heteroatoms. The predicted octanol–water partition coefficient (Wildman–Crippen LogP) is 5.36.